The highest BCUT2D eigenvalue weighted by molar-refractivity contribution is 5.67. The number of unbranched alkanes of at least 4 members (excludes halogenated alkanes) is 1. The molecule has 0 saturated carbocycles. The van der Waals surface area contributed by atoms with Crippen molar-refractivity contribution in [1.29, 1.82) is 0 Å². The zero-order chi connectivity index (χ0) is 18.0. The smallest absolute Gasteiger partial charge is 0.275 e. The predicted molar refractivity (Wildman–Crippen MR) is 105 cm³/mol. The van der Waals surface area contributed by atoms with Crippen LogP contribution in [0.3, 0.4) is 0 Å². The third-order valence-electron chi connectivity index (χ3n) is 4.93. The van der Waals surface area contributed by atoms with Gasteiger partial charge in [-0.15, -0.1) is 0 Å². The van der Waals surface area contributed by atoms with Crippen molar-refractivity contribution in [2.75, 3.05) is 0 Å². The summed E-state index contributed by atoms with van der Waals surface area (Å²) in [5.74, 6) is 0. The summed E-state index contributed by atoms with van der Waals surface area (Å²) in [7, 11) is 0. The van der Waals surface area contributed by atoms with E-state index in [4.69, 9.17) is 0 Å². The minimum absolute atomic E-state index is 0.0648. The van der Waals surface area contributed by atoms with Gasteiger partial charge in [-0.25, -0.2) is 4.68 Å². The van der Waals surface area contributed by atoms with Crippen LogP contribution < -0.4 is 5.56 Å². The molecule has 0 amide bonds. The lowest BCUT2D eigenvalue weighted by Crippen LogP contribution is -2.17. The van der Waals surface area contributed by atoms with Gasteiger partial charge in [-0.1, -0.05) is 43.7 Å². The molecule has 2 aromatic carbocycles. The molecule has 3 rings (SSSR count). The largest absolute Gasteiger partial charge is 0.290 e. The molecule has 0 bridgehead atoms. The molecule has 0 spiro atoms. The first-order valence-electron chi connectivity index (χ1n) is 9.00. The Bertz CT molecular complexity index is 947. The Labute approximate surface area is 149 Å². The van der Waals surface area contributed by atoms with Gasteiger partial charge in [-0.3, -0.25) is 9.89 Å². The Morgan fingerprint density at radius 2 is 1.72 bits per heavy atom. The summed E-state index contributed by atoms with van der Waals surface area (Å²) in [5.41, 5.74) is 7.49. The number of aromatic amines is 1. The molecule has 1 heterocycles. The van der Waals surface area contributed by atoms with Crippen LogP contribution in [0.5, 0.6) is 0 Å². The van der Waals surface area contributed by atoms with Gasteiger partial charge < -0.3 is 0 Å². The minimum atomic E-state index is 0.0648. The summed E-state index contributed by atoms with van der Waals surface area (Å²) in [6, 6.07) is 14.4. The van der Waals surface area contributed by atoms with Crippen LogP contribution in [0, 0.1) is 20.8 Å². The van der Waals surface area contributed by atoms with E-state index in [2.05, 4.69) is 57.1 Å². The van der Waals surface area contributed by atoms with E-state index >= 15 is 0 Å². The van der Waals surface area contributed by atoms with E-state index in [1.807, 2.05) is 18.2 Å². The molecule has 0 aliphatic heterocycles. The number of hydrogen-bond donors (Lipinski definition) is 1. The maximum atomic E-state index is 13.1. The third kappa shape index (κ3) is 3.32. The van der Waals surface area contributed by atoms with E-state index in [-0.39, 0.29) is 5.56 Å². The SMILES string of the molecule is CCCCc1c(-c2ccccc2C)[nH]n(-c2ccc(C)c(C)c2)c1=O. The lowest BCUT2D eigenvalue weighted by atomic mass is 10.00. The highest BCUT2D eigenvalue weighted by atomic mass is 16.1. The Kier molecular flexibility index (Phi) is 4.93. The van der Waals surface area contributed by atoms with Crippen LogP contribution in [0.1, 0.15) is 42.0 Å². The fourth-order valence-electron chi connectivity index (χ4n) is 3.18. The standard InChI is InChI=1S/C22H26N2O/c1-5-6-10-20-21(19-11-8-7-9-16(19)3)23-24(22(20)25)18-13-12-15(2)17(4)14-18/h7-9,11-14,23H,5-6,10H2,1-4H3. The molecular weight excluding hydrogens is 308 g/mol. The Morgan fingerprint density at radius 3 is 2.40 bits per heavy atom. The average molecular weight is 334 g/mol. The van der Waals surface area contributed by atoms with E-state index in [0.29, 0.717) is 0 Å². The van der Waals surface area contributed by atoms with Crippen molar-refractivity contribution in [2.24, 2.45) is 0 Å². The molecule has 3 aromatic rings. The maximum absolute atomic E-state index is 13.1. The van der Waals surface area contributed by atoms with E-state index in [1.165, 1.54) is 16.7 Å². The van der Waals surface area contributed by atoms with Gasteiger partial charge >= 0.3 is 0 Å². The van der Waals surface area contributed by atoms with E-state index in [9.17, 15) is 4.79 Å². The average Bonchev–Trinajstić information content (AvgIpc) is 2.92. The first-order chi connectivity index (χ1) is 12.0. The summed E-state index contributed by atoms with van der Waals surface area (Å²) in [6.45, 7) is 8.40. The molecule has 0 unspecified atom stereocenters. The number of benzene rings is 2. The number of nitrogens with zero attached hydrogens (tertiary/aromatic N) is 1. The monoisotopic (exact) mass is 334 g/mol. The number of H-pyrrole nitrogens is 1. The second-order valence-corrected chi connectivity index (χ2v) is 6.79. The van der Waals surface area contributed by atoms with Gasteiger partial charge in [0.1, 0.15) is 0 Å². The van der Waals surface area contributed by atoms with Crippen molar-refractivity contribution < 1.29 is 0 Å². The molecule has 3 heteroatoms. The number of rotatable bonds is 5. The van der Waals surface area contributed by atoms with Crippen molar-refractivity contribution >= 4 is 0 Å². The highest BCUT2D eigenvalue weighted by Crippen LogP contribution is 2.25. The fraction of sp³-hybridized carbons (Fsp3) is 0.318. The van der Waals surface area contributed by atoms with Crippen LogP contribution in [0.25, 0.3) is 16.9 Å². The molecule has 0 atom stereocenters. The van der Waals surface area contributed by atoms with E-state index < -0.39 is 0 Å². The number of aromatic nitrogens is 2. The van der Waals surface area contributed by atoms with Gasteiger partial charge in [0.2, 0.25) is 0 Å². The normalized spacial score (nSPS) is 11.0. The summed E-state index contributed by atoms with van der Waals surface area (Å²) in [6.07, 6.45) is 2.88. The zero-order valence-corrected chi connectivity index (χ0v) is 15.5. The van der Waals surface area contributed by atoms with Crippen molar-refractivity contribution in [1.82, 2.24) is 9.78 Å². The molecule has 0 aliphatic rings. The van der Waals surface area contributed by atoms with Gasteiger partial charge in [0, 0.05) is 11.1 Å². The Balaban J connectivity index is 2.20. The quantitative estimate of drug-likeness (QED) is 0.692. The highest BCUT2D eigenvalue weighted by Gasteiger charge is 2.17. The maximum Gasteiger partial charge on any atom is 0.275 e. The first kappa shape index (κ1) is 17.3. The van der Waals surface area contributed by atoms with Crippen LogP contribution in [0.15, 0.2) is 47.3 Å². The fourth-order valence-corrected chi connectivity index (χ4v) is 3.18. The summed E-state index contributed by atoms with van der Waals surface area (Å²) < 4.78 is 1.69. The van der Waals surface area contributed by atoms with E-state index in [0.717, 1.165) is 41.8 Å². The number of aryl methyl sites for hydroxylation is 3. The molecule has 1 aromatic heterocycles. The van der Waals surface area contributed by atoms with Crippen LogP contribution in [0.2, 0.25) is 0 Å². The predicted octanol–water partition coefficient (Wildman–Crippen LogP) is 5.10. The first-order valence-corrected chi connectivity index (χ1v) is 9.00. The second kappa shape index (κ2) is 7.14. The topological polar surface area (TPSA) is 37.8 Å². The molecule has 1 N–H and O–H groups in total. The Hall–Kier alpha value is -2.55. The third-order valence-corrected chi connectivity index (χ3v) is 4.93. The van der Waals surface area contributed by atoms with Crippen molar-refractivity contribution in [3.8, 4) is 16.9 Å². The van der Waals surface area contributed by atoms with Gasteiger partial charge in [0.05, 0.1) is 11.4 Å². The van der Waals surface area contributed by atoms with E-state index in [1.54, 1.807) is 4.68 Å². The molecule has 0 fully saturated rings. The molecule has 25 heavy (non-hydrogen) atoms. The van der Waals surface area contributed by atoms with Gasteiger partial charge in [-0.05, 0) is 62.4 Å². The lowest BCUT2D eigenvalue weighted by Gasteiger charge is -2.07. The number of hydrogen-bond acceptors (Lipinski definition) is 1. The lowest BCUT2D eigenvalue weighted by molar-refractivity contribution is 0.786. The van der Waals surface area contributed by atoms with Crippen molar-refractivity contribution in [3.63, 3.8) is 0 Å². The van der Waals surface area contributed by atoms with Gasteiger partial charge in [0.25, 0.3) is 5.56 Å². The minimum Gasteiger partial charge on any atom is -0.290 e. The van der Waals surface area contributed by atoms with Gasteiger partial charge in [0.15, 0.2) is 0 Å². The van der Waals surface area contributed by atoms with Gasteiger partial charge in [-0.2, -0.15) is 0 Å². The summed E-state index contributed by atoms with van der Waals surface area (Å²) >= 11 is 0. The molecule has 3 nitrogen and oxygen atoms in total. The van der Waals surface area contributed by atoms with Crippen molar-refractivity contribution in [2.45, 2.75) is 47.0 Å². The molecule has 0 radical (unpaired) electrons. The van der Waals surface area contributed by atoms with Crippen LogP contribution in [-0.2, 0) is 6.42 Å². The summed E-state index contributed by atoms with van der Waals surface area (Å²) in [4.78, 5) is 13.1. The summed E-state index contributed by atoms with van der Waals surface area (Å²) in [5, 5.41) is 3.38. The van der Waals surface area contributed by atoms with Crippen LogP contribution in [0.4, 0.5) is 0 Å². The molecular formula is C22H26N2O. The molecule has 0 aliphatic carbocycles. The van der Waals surface area contributed by atoms with Crippen LogP contribution in [-0.4, -0.2) is 9.78 Å². The van der Waals surface area contributed by atoms with Crippen molar-refractivity contribution in [3.05, 3.63) is 75.1 Å². The molecule has 130 valence electrons. The second-order valence-electron chi connectivity index (χ2n) is 6.79. The Morgan fingerprint density at radius 1 is 0.960 bits per heavy atom. The number of nitrogens with one attached hydrogen (secondary N) is 1. The molecule has 0 saturated heterocycles. The van der Waals surface area contributed by atoms with Crippen LogP contribution >= 0.6 is 0 Å². The zero-order valence-electron chi connectivity index (χ0n) is 15.5.